The average Bonchev–Trinajstić information content (AvgIpc) is 3.23. The lowest BCUT2D eigenvalue weighted by molar-refractivity contribution is -0.118. The molecule has 1 unspecified atom stereocenters. The van der Waals surface area contributed by atoms with Crippen LogP contribution in [0, 0.1) is 0 Å². The van der Waals surface area contributed by atoms with Crippen molar-refractivity contribution >= 4 is 27.8 Å². The highest BCUT2D eigenvalue weighted by Crippen LogP contribution is 2.30. The number of nitrogens with one attached hydrogen (secondary N) is 2. The molecular formula is C28H28N4O5S. The highest BCUT2D eigenvalue weighted by atomic mass is 32.2. The first-order valence-corrected chi connectivity index (χ1v) is 13.7. The number of carbonyl (C=O) groups is 2. The van der Waals surface area contributed by atoms with Gasteiger partial charge in [0, 0.05) is 12.6 Å². The van der Waals surface area contributed by atoms with Gasteiger partial charge in [-0.1, -0.05) is 78.9 Å². The maximum absolute atomic E-state index is 12.6. The van der Waals surface area contributed by atoms with Crippen LogP contribution >= 0.6 is 0 Å². The summed E-state index contributed by atoms with van der Waals surface area (Å²) in [7, 11) is -1.84. The predicted molar refractivity (Wildman–Crippen MR) is 146 cm³/mol. The lowest BCUT2D eigenvalue weighted by atomic mass is 10.00. The number of aryl methyl sites for hydroxylation is 1. The van der Waals surface area contributed by atoms with Crippen molar-refractivity contribution in [2.45, 2.75) is 19.4 Å². The Morgan fingerprint density at radius 2 is 1.50 bits per heavy atom. The van der Waals surface area contributed by atoms with Crippen LogP contribution in [0.15, 0.2) is 85.1 Å². The van der Waals surface area contributed by atoms with Crippen LogP contribution in [0.25, 0.3) is 22.3 Å². The van der Waals surface area contributed by atoms with E-state index in [9.17, 15) is 18.0 Å². The number of sulfonamides is 1. The zero-order chi connectivity index (χ0) is 27.3. The molecule has 9 nitrogen and oxygen atoms in total. The minimum atomic E-state index is -3.58. The zero-order valence-corrected chi connectivity index (χ0v) is 22.0. The summed E-state index contributed by atoms with van der Waals surface area (Å²) in [6.07, 6.45) is 1.61. The molecule has 0 spiro atoms. The normalized spacial score (nSPS) is 12.0. The van der Waals surface area contributed by atoms with E-state index in [1.807, 2.05) is 78.4 Å². The van der Waals surface area contributed by atoms with E-state index >= 15 is 0 Å². The fraction of sp³-hybridized carbons (Fsp3) is 0.179. The number of rotatable bonds is 8. The SMILES string of the molecule is CC(OC(=O)Nc1c(-c2ccc(-c3ccc(CC(=O)NS(C)(=O)=O)cc3)cc2)cnn1C)c1ccccc1. The Morgan fingerprint density at radius 3 is 2.11 bits per heavy atom. The number of nitrogens with zero attached hydrogens (tertiary/aromatic N) is 2. The molecule has 0 saturated heterocycles. The van der Waals surface area contributed by atoms with E-state index in [1.165, 1.54) is 0 Å². The van der Waals surface area contributed by atoms with Gasteiger partial charge in [-0.15, -0.1) is 0 Å². The topological polar surface area (TPSA) is 119 Å². The Labute approximate surface area is 221 Å². The number of hydrogen-bond donors (Lipinski definition) is 2. The number of ether oxygens (including phenoxy) is 1. The molecule has 0 aliphatic carbocycles. The number of benzene rings is 3. The smallest absolute Gasteiger partial charge is 0.413 e. The van der Waals surface area contributed by atoms with E-state index in [1.54, 1.807) is 30.1 Å². The van der Waals surface area contributed by atoms with Gasteiger partial charge in [0.1, 0.15) is 11.9 Å². The van der Waals surface area contributed by atoms with Crippen LogP contribution in [0.4, 0.5) is 10.6 Å². The summed E-state index contributed by atoms with van der Waals surface area (Å²) in [5.74, 6) is -0.0661. The molecule has 0 aliphatic heterocycles. The molecule has 0 fully saturated rings. The molecular weight excluding hydrogens is 504 g/mol. The van der Waals surface area contributed by atoms with Crippen molar-refractivity contribution in [3.8, 4) is 22.3 Å². The lowest BCUT2D eigenvalue weighted by Crippen LogP contribution is -2.30. The van der Waals surface area contributed by atoms with Crippen molar-refractivity contribution < 1.29 is 22.7 Å². The molecule has 4 aromatic rings. The quantitative estimate of drug-likeness (QED) is 0.340. The second kappa shape index (κ2) is 11.3. The van der Waals surface area contributed by atoms with E-state index in [4.69, 9.17) is 4.74 Å². The summed E-state index contributed by atoms with van der Waals surface area (Å²) in [6.45, 7) is 1.81. The number of amides is 2. The standard InChI is InChI=1S/C28H28N4O5S/c1-19(21-7-5-4-6-8-21)37-28(34)30-27-25(18-29-32(27)2)24-15-13-23(14-16-24)22-11-9-20(10-12-22)17-26(33)31-38(3,35)36/h4-16,18-19H,17H2,1-3H3,(H,30,34)(H,31,33). The molecule has 10 heteroatoms. The summed E-state index contributed by atoms with van der Waals surface area (Å²) in [5, 5.41) is 7.10. The third kappa shape index (κ3) is 6.86. The van der Waals surface area contributed by atoms with Gasteiger partial charge in [-0.05, 0) is 34.7 Å². The molecule has 2 N–H and O–H groups in total. The second-order valence-corrected chi connectivity index (χ2v) is 10.6. The third-order valence-electron chi connectivity index (χ3n) is 5.86. The Balaban J connectivity index is 1.44. The van der Waals surface area contributed by atoms with E-state index in [-0.39, 0.29) is 6.42 Å². The summed E-state index contributed by atoms with van der Waals surface area (Å²) in [5.41, 5.74) is 5.10. The third-order valence-corrected chi connectivity index (χ3v) is 6.46. The number of anilines is 1. The van der Waals surface area contributed by atoms with E-state index in [0.717, 1.165) is 34.1 Å². The summed E-state index contributed by atoms with van der Waals surface area (Å²) >= 11 is 0. The highest BCUT2D eigenvalue weighted by Gasteiger charge is 2.17. The van der Waals surface area contributed by atoms with Gasteiger partial charge >= 0.3 is 6.09 Å². The highest BCUT2D eigenvalue weighted by molar-refractivity contribution is 7.89. The van der Waals surface area contributed by atoms with E-state index < -0.39 is 28.1 Å². The van der Waals surface area contributed by atoms with Crippen molar-refractivity contribution in [2.75, 3.05) is 11.6 Å². The first-order chi connectivity index (χ1) is 18.1. The largest absolute Gasteiger partial charge is 0.441 e. The fourth-order valence-electron chi connectivity index (χ4n) is 3.96. The Hall–Kier alpha value is -4.44. The van der Waals surface area contributed by atoms with Crippen molar-refractivity contribution in [1.29, 1.82) is 0 Å². The van der Waals surface area contributed by atoms with Gasteiger partial charge in [-0.3, -0.25) is 19.5 Å². The van der Waals surface area contributed by atoms with Crippen LogP contribution in [0.1, 0.15) is 24.2 Å². The zero-order valence-electron chi connectivity index (χ0n) is 21.2. The van der Waals surface area contributed by atoms with Gasteiger partial charge in [-0.2, -0.15) is 5.10 Å². The molecule has 2 amide bonds. The second-order valence-electron chi connectivity index (χ2n) is 8.86. The Bertz CT molecular complexity index is 1530. The number of hydrogen-bond acceptors (Lipinski definition) is 6. The van der Waals surface area contributed by atoms with Crippen LogP contribution in [-0.2, 0) is 33.0 Å². The number of aromatic nitrogens is 2. The molecule has 0 saturated carbocycles. The minimum Gasteiger partial charge on any atom is -0.441 e. The van der Waals surface area contributed by atoms with Crippen LogP contribution in [0.5, 0.6) is 0 Å². The lowest BCUT2D eigenvalue weighted by Gasteiger charge is -2.15. The minimum absolute atomic E-state index is 0.0321. The maximum Gasteiger partial charge on any atom is 0.413 e. The first-order valence-electron chi connectivity index (χ1n) is 11.8. The molecule has 3 aromatic carbocycles. The van der Waals surface area contributed by atoms with Gasteiger partial charge in [0.2, 0.25) is 15.9 Å². The molecule has 196 valence electrons. The maximum atomic E-state index is 12.6. The van der Waals surface area contributed by atoms with Gasteiger partial charge in [0.25, 0.3) is 0 Å². The molecule has 1 atom stereocenters. The van der Waals surface area contributed by atoms with Crippen molar-refractivity contribution in [3.63, 3.8) is 0 Å². The van der Waals surface area contributed by atoms with Crippen LogP contribution < -0.4 is 10.0 Å². The van der Waals surface area contributed by atoms with Gasteiger partial charge in [0.15, 0.2) is 0 Å². The summed E-state index contributed by atoms with van der Waals surface area (Å²) in [6, 6.07) is 24.6. The van der Waals surface area contributed by atoms with Crippen molar-refractivity contribution in [1.82, 2.24) is 14.5 Å². The van der Waals surface area contributed by atoms with Gasteiger partial charge in [-0.25, -0.2) is 13.2 Å². The molecule has 38 heavy (non-hydrogen) atoms. The Morgan fingerprint density at radius 1 is 0.921 bits per heavy atom. The van der Waals surface area contributed by atoms with Gasteiger partial charge < -0.3 is 4.74 Å². The van der Waals surface area contributed by atoms with Crippen LogP contribution in [0.3, 0.4) is 0 Å². The first kappa shape index (κ1) is 26.6. The molecule has 0 radical (unpaired) electrons. The van der Waals surface area contributed by atoms with Crippen molar-refractivity contribution in [2.24, 2.45) is 7.05 Å². The summed E-state index contributed by atoms with van der Waals surface area (Å²) < 4.78 is 31.5. The molecule has 1 aromatic heterocycles. The molecule has 0 bridgehead atoms. The van der Waals surface area contributed by atoms with E-state index in [2.05, 4.69) is 10.4 Å². The number of carbonyl (C=O) groups excluding carboxylic acids is 2. The van der Waals surface area contributed by atoms with Gasteiger partial charge in [0.05, 0.1) is 18.9 Å². The fourth-order valence-corrected chi connectivity index (χ4v) is 4.45. The molecule has 0 aliphatic rings. The average molecular weight is 533 g/mol. The molecule has 4 rings (SSSR count). The van der Waals surface area contributed by atoms with E-state index in [0.29, 0.717) is 11.4 Å². The summed E-state index contributed by atoms with van der Waals surface area (Å²) in [4.78, 5) is 24.4. The monoisotopic (exact) mass is 532 g/mol. The van der Waals surface area contributed by atoms with Crippen LogP contribution in [-0.4, -0.2) is 36.5 Å². The van der Waals surface area contributed by atoms with Crippen LogP contribution in [0.2, 0.25) is 0 Å². The Kier molecular flexibility index (Phi) is 7.92. The molecule has 1 heterocycles. The predicted octanol–water partition coefficient (Wildman–Crippen LogP) is 4.68. The van der Waals surface area contributed by atoms with Crippen molar-refractivity contribution in [3.05, 3.63) is 96.2 Å².